The number of rotatable bonds is 6. The van der Waals surface area contributed by atoms with Crippen LogP contribution in [0.5, 0.6) is 5.75 Å². The molecule has 0 heterocycles. The Labute approximate surface area is 120 Å². The predicted octanol–water partition coefficient (Wildman–Crippen LogP) is 2.91. The second-order valence-corrected chi connectivity index (χ2v) is 5.01. The topological polar surface area (TPSA) is 51.5 Å². The second-order valence-electron chi connectivity index (χ2n) is 5.01. The van der Waals surface area contributed by atoms with E-state index in [1.165, 1.54) is 0 Å². The first-order valence-electron chi connectivity index (χ1n) is 7.09. The van der Waals surface area contributed by atoms with Gasteiger partial charge in [-0.25, -0.2) is 0 Å². The minimum Gasteiger partial charge on any atom is -0.491 e. The monoisotopic (exact) mass is 275 g/mol. The van der Waals surface area contributed by atoms with Crippen LogP contribution in [-0.4, -0.2) is 32.5 Å². The van der Waals surface area contributed by atoms with E-state index in [2.05, 4.69) is 6.07 Å². The zero-order chi connectivity index (χ0) is 14.2. The Bertz CT molecular complexity index is 455. The molecule has 1 aliphatic rings. The number of hydrogen-bond acceptors (Lipinski definition) is 4. The van der Waals surface area contributed by atoms with E-state index in [4.69, 9.17) is 19.5 Å². The molecule has 0 N–H and O–H groups in total. The molecule has 0 bridgehead atoms. The fourth-order valence-electron chi connectivity index (χ4n) is 2.50. The molecule has 0 aliphatic heterocycles. The second kappa shape index (κ2) is 7.88. The molecule has 108 valence electrons. The maximum absolute atomic E-state index is 8.81. The Hall–Kier alpha value is -1.57. The van der Waals surface area contributed by atoms with Gasteiger partial charge in [-0.3, -0.25) is 0 Å². The Morgan fingerprint density at radius 3 is 2.90 bits per heavy atom. The van der Waals surface area contributed by atoms with Crippen molar-refractivity contribution in [1.82, 2.24) is 0 Å². The summed E-state index contributed by atoms with van der Waals surface area (Å²) in [5.41, 5.74) is 0.610. The first kappa shape index (κ1) is 14.8. The molecular formula is C16H21NO3. The average Bonchev–Trinajstić information content (AvgIpc) is 2.52. The number of hydrogen-bond donors (Lipinski definition) is 0. The van der Waals surface area contributed by atoms with Gasteiger partial charge in [0.2, 0.25) is 0 Å². The van der Waals surface area contributed by atoms with Gasteiger partial charge in [0.05, 0.1) is 30.4 Å². The SMILES string of the molecule is COC1CCCC(OCCOc2cccc(C#N)c2)C1. The zero-order valence-electron chi connectivity index (χ0n) is 11.9. The van der Waals surface area contributed by atoms with E-state index >= 15 is 0 Å². The molecule has 4 nitrogen and oxygen atoms in total. The maximum Gasteiger partial charge on any atom is 0.120 e. The molecule has 0 saturated heterocycles. The summed E-state index contributed by atoms with van der Waals surface area (Å²) < 4.78 is 16.8. The summed E-state index contributed by atoms with van der Waals surface area (Å²) in [6.45, 7) is 1.07. The molecule has 1 aromatic rings. The molecular weight excluding hydrogens is 254 g/mol. The van der Waals surface area contributed by atoms with Crippen LogP contribution in [0.2, 0.25) is 0 Å². The minimum absolute atomic E-state index is 0.280. The molecule has 0 radical (unpaired) electrons. The Kier molecular flexibility index (Phi) is 5.85. The van der Waals surface area contributed by atoms with Crippen LogP contribution in [0, 0.1) is 11.3 Å². The third-order valence-corrected chi connectivity index (χ3v) is 3.58. The highest BCUT2D eigenvalue weighted by Gasteiger charge is 2.21. The molecule has 1 aromatic carbocycles. The van der Waals surface area contributed by atoms with Gasteiger partial charge in [-0.1, -0.05) is 6.07 Å². The van der Waals surface area contributed by atoms with Gasteiger partial charge in [-0.15, -0.1) is 0 Å². The minimum atomic E-state index is 0.280. The molecule has 1 fully saturated rings. The van der Waals surface area contributed by atoms with Gasteiger partial charge in [0.1, 0.15) is 12.4 Å². The third-order valence-electron chi connectivity index (χ3n) is 3.58. The van der Waals surface area contributed by atoms with E-state index in [1.54, 1.807) is 19.2 Å². The fraction of sp³-hybridized carbons (Fsp3) is 0.562. The number of nitriles is 1. The summed E-state index contributed by atoms with van der Waals surface area (Å²) in [7, 11) is 1.76. The van der Waals surface area contributed by atoms with Crippen molar-refractivity contribution in [2.24, 2.45) is 0 Å². The van der Waals surface area contributed by atoms with Gasteiger partial charge in [0, 0.05) is 7.11 Å². The molecule has 4 heteroatoms. The van der Waals surface area contributed by atoms with Crippen LogP contribution in [0.1, 0.15) is 31.2 Å². The maximum atomic E-state index is 8.81. The van der Waals surface area contributed by atoms with E-state index in [9.17, 15) is 0 Å². The van der Waals surface area contributed by atoms with Crippen molar-refractivity contribution in [1.29, 1.82) is 5.26 Å². The van der Waals surface area contributed by atoms with Crippen LogP contribution in [0.25, 0.3) is 0 Å². The van der Waals surface area contributed by atoms with Crippen LogP contribution >= 0.6 is 0 Å². The summed E-state index contributed by atoms with van der Waals surface area (Å²) >= 11 is 0. The van der Waals surface area contributed by atoms with Crippen molar-refractivity contribution >= 4 is 0 Å². The van der Waals surface area contributed by atoms with Gasteiger partial charge in [-0.2, -0.15) is 5.26 Å². The van der Waals surface area contributed by atoms with Gasteiger partial charge in [0.15, 0.2) is 0 Å². The summed E-state index contributed by atoms with van der Waals surface area (Å²) in [5, 5.41) is 8.81. The molecule has 2 rings (SSSR count). The third kappa shape index (κ3) is 4.52. The predicted molar refractivity (Wildman–Crippen MR) is 75.7 cm³/mol. The summed E-state index contributed by atoms with van der Waals surface area (Å²) in [5.74, 6) is 0.714. The molecule has 0 aromatic heterocycles. The first-order valence-corrected chi connectivity index (χ1v) is 7.09. The molecule has 0 amide bonds. The van der Waals surface area contributed by atoms with Crippen LogP contribution in [0.3, 0.4) is 0 Å². The van der Waals surface area contributed by atoms with E-state index in [-0.39, 0.29) is 6.10 Å². The highest BCUT2D eigenvalue weighted by molar-refractivity contribution is 5.36. The normalized spacial score (nSPS) is 22.2. The molecule has 2 unspecified atom stereocenters. The lowest BCUT2D eigenvalue weighted by molar-refractivity contribution is -0.0362. The summed E-state index contributed by atoms with van der Waals surface area (Å²) in [4.78, 5) is 0. The lowest BCUT2D eigenvalue weighted by atomic mass is 9.95. The standard InChI is InChI=1S/C16H21NO3/c1-18-14-5-3-7-16(11-14)20-9-8-19-15-6-2-4-13(10-15)12-17/h2,4,6,10,14,16H,3,5,7-9,11H2,1H3. The Balaban J connectivity index is 1.67. The average molecular weight is 275 g/mol. The van der Waals surface area contributed by atoms with Crippen molar-refractivity contribution in [3.05, 3.63) is 29.8 Å². The molecule has 1 saturated carbocycles. The molecule has 2 atom stereocenters. The van der Waals surface area contributed by atoms with Gasteiger partial charge in [-0.05, 0) is 43.9 Å². The molecule has 1 aliphatic carbocycles. The quantitative estimate of drug-likeness (QED) is 0.749. The molecule has 0 spiro atoms. The van der Waals surface area contributed by atoms with Crippen molar-refractivity contribution in [2.45, 2.75) is 37.9 Å². The number of ether oxygens (including phenoxy) is 3. The molecule has 20 heavy (non-hydrogen) atoms. The van der Waals surface area contributed by atoms with Crippen LogP contribution in [0.4, 0.5) is 0 Å². The number of methoxy groups -OCH3 is 1. The van der Waals surface area contributed by atoms with E-state index < -0.39 is 0 Å². The van der Waals surface area contributed by atoms with Crippen molar-refractivity contribution < 1.29 is 14.2 Å². The van der Waals surface area contributed by atoms with Crippen LogP contribution in [0.15, 0.2) is 24.3 Å². The van der Waals surface area contributed by atoms with Crippen molar-refractivity contribution in [2.75, 3.05) is 20.3 Å². The smallest absolute Gasteiger partial charge is 0.120 e. The van der Waals surface area contributed by atoms with Crippen molar-refractivity contribution in [3.8, 4) is 11.8 Å². The fourth-order valence-corrected chi connectivity index (χ4v) is 2.50. The largest absolute Gasteiger partial charge is 0.491 e. The number of benzene rings is 1. The van der Waals surface area contributed by atoms with Gasteiger partial charge in [0.25, 0.3) is 0 Å². The van der Waals surface area contributed by atoms with E-state index in [1.807, 2.05) is 12.1 Å². The van der Waals surface area contributed by atoms with Crippen LogP contribution in [-0.2, 0) is 9.47 Å². The van der Waals surface area contributed by atoms with Crippen molar-refractivity contribution in [3.63, 3.8) is 0 Å². The highest BCUT2D eigenvalue weighted by Crippen LogP contribution is 2.23. The highest BCUT2D eigenvalue weighted by atomic mass is 16.5. The summed E-state index contributed by atoms with van der Waals surface area (Å²) in [6, 6.07) is 9.26. The van der Waals surface area contributed by atoms with Crippen LogP contribution < -0.4 is 4.74 Å². The Morgan fingerprint density at radius 1 is 1.25 bits per heavy atom. The summed E-state index contributed by atoms with van der Waals surface area (Å²) in [6.07, 6.45) is 4.98. The van der Waals surface area contributed by atoms with Gasteiger partial charge < -0.3 is 14.2 Å². The van der Waals surface area contributed by atoms with E-state index in [0.29, 0.717) is 30.6 Å². The zero-order valence-corrected chi connectivity index (χ0v) is 11.9. The Morgan fingerprint density at radius 2 is 2.10 bits per heavy atom. The van der Waals surface area contributed by atoms with E-state index in [0.717, 1.165) is 25.7 Å². The lowest BCUT2D eigenvalue weighted by Gasteiger charge is -2.28. The first-order chi connectivity index (χ1) is 9.81. The lowest BCUT2D eigenvalue weighted by Crippen LogP contribution is -2.28. The van der Waals surface area contributed by atoms with Gasteiger partial charge >= 0.3 is 0 Å². The number of nitrogens with zero attached hydrogens (tertiary/aromatic N) is 1.